The molecule has 4 heterocycles. The highest BCUT2D eigenvalue weighted by Gasteiger charge is 2.21. The molecule has 0 saturated heterocycles. The lowest BCUT2D eigenvalue weighted by Gasteiger charge is -2.08. The van der Waals surface area contributed by atoms with Gasteiger partial charge in [0.15, 0.2) is 5.65 Å². The van der Waals surface area contributed by atoms with Crippen molar-refractivity contribution in [2.24, 2.45) is 4.99 Å². The quantitative estimate of drug-likeness (QED) is 0.286. The van der Waals surface area contributed by atoms with Crippen molar-refractivity contribution >= 4 is 17.7 Å². The van der Waals surface area contributed by atoms with Gasteiger partial charge in [-0.1, -0.05) is 12.1 Å². The summed E-state index contributed by atoms with van der Waals surface area (Å²) >= 11 is 0. The molecule has 1 aliphatic carbocycles. The Hall–Kier alpha value is -4.74. The Labute approximate surface area is 191 Å². The molecular weight excluding hydrogens is 436 g/mol. The Morgan fingerprint density at radius 2 is 2.12 bits per heavy atom. The van der Waals surface area contributed by atoms with Crippen LogP contribution in [0.15, 0.2) is 58.7 Å². The van der Waals surface area contributed by atoms with Crippen LogP contribution in [0.1, 0.15) is 24.1 Å². The number of aromatic nitrogens is 8. The second-order valence-corrected chi connectivity index (χ2v) is 8.00. The van der Waals surface area contributed by atoms with Crippen LogP contribution in [0.25, 0.3) is 17.4 Å². The number of benzene rings is 1. The molecule has 0 radical (unpaired) electrons. The van der Waals surface area contributed by atoms with Gasteiger partial charge < -0.3 is 15.4 Å². The predicted octanol–water partition coefficient (Wildman–Crippen LogP) is 0.255. The summed E-state index contributed by atoms with van der Waals surface area (Å²) in [7, 11) is 0. The fourth-order valence-corrected chi connectivity index (χ4v) is 3.57. The highest BCUT2D eigenvalue weighted by Crippen LogP contribution is 2.22. The smallest absolute Gasteiger partial charge is 0.326 e. The van der Waals surface area contributed by atoms with E-state index >= 15 is 0 Å². The number of nitrogens with one attached hydrogen (secondary N) is 3. The average molecular weight is 456 g/mol. The highest BCUT2D eigenvalue weighted by molar-refractivity contribution is 5.57. The van der Waals surface area contributed by atoms with Crippen molar-refractivity contribution in [2.75, 3.05) is 5.32 Å². The van der Waals surface area contributed by atoms with Gasteiger partial charge in [-0.05, 0) is 42.7 Å². The van der Waals surface area contributed by atoms with Crippen molar-refractivity contribution in [3.05, 3.63) is 81.5 Å². The average Bonchev–Trinajstić information content (AvgIpc) is 3.20. The van der Waals surface area contributed by atoms with Gasteiger partial charge in [0.2, 0.25) is 11.8 Å². The van der Waals surface area contributed by atoms with Gasteiger partial charge in [0, 0.05) is 24.2 Å². The van der Waals surface area contributed by atoms with Crippen molar-refractivity contribution in [1.29, 1.82) is 0 Å². The molecule has 34 heavy (non-hydrogen) atoms. The second kappa shape index (κ2) is 7.99. The number of nitrogens with zero attached hydrogens (tertiary/aromatic N) is 7. The summed E-state index contributed by atoms with van der Waals surface area (Å²) in [5.41, 5.74) is 2.68. The zero-order valence-corrected chi connectivity index (χ0v) is 17.9. The topological polar surface area (TPSA) is 154 Å². The first-order valence-corrected chi connectivity index (χ1v) is 10.8. The molecule has 5 aromatic rings. The predicted molar refractivity (Wildman–Crippen MR) is 122 cm³/mol. The van der Waals surface area contributed by atoms with E-state index in [9.17, 15) is 9.90 Å². The summed E-state index contributed by atoms with van der Waals surface area (Å²) in [6, 6.07) is 10.1. The number of hydrogen-bond donors (Lipinski definition) is 4. The normalized spacial score (nSPS) is 14.8. The maximum atomic E-state index is 11.5. The molecule has 0 spiro atoms. The number of fused-ring (bicyclic) bond motifs is 1. The lowest BCUT2D eigenvalue weighted by molar-refractivity contribution is 0.454. The third-order valence-electron chi connectivity index (χ3n) is 5.39. The van der Waals surface area contributed by atoms with E-state index in [0.717, 1.165) is 24.1 Å². The summed E-state index contributed by atoms with van der Waals surface area (Å²) < 4.78 is 3.36. The number of H-pyrrole nitrogens is 2. The molecule has 6 rings (SSSR count). The second-order valence-electron chi connectivity index (χ2n) is 8.00. The molecule has 4 aromatic heterocycles. The van der Waals surface area contributed by atoms with Gasteiger partial charge in [-0.15, -0.1) is 0 Å². The molecule has 12 nitrogen and oxygen atoms in total. The zero-order valence-electron chi connectivity index (χ0n) is 17.9. The maximum Gasteiger partial charge on any atom is 0.326 e. The molecule has 1 saturated carbocycles. The third-order valence-corrected chi connectivity index (χ3v) is 5.39. The van der Waals surface area contributed by atoms with Crippen molar-refractivity contribution in [3.63, 3.8) is 0 Å². The van der Waals surface area contributed by atoms with E-state index in [0.29, 0.717) is 29.0 Å². The Morgan fingerprint density at radius 1 is 1.21 bits per heavy atom. The van der Waals surface area contributed by atoms with Crippen LogP contribution < -0.4 is 21.8 Å². The van der Waals surface area contributed by atoms with Crippen LogP contribution in [0.4, 0.5) is 5.95 Å². The maximum absolute atomic E-state index is 11.5. The van der Waals surface area contributed by atoms with Gasteiger partial charge in [0.25, 0.3) is 5.62 Å². The molecule has 0 amide bonds. The summed E-state index contributed by atoms with van der Waals surface area (Å²) in [6.07, 6.45) is 8.86. The first kappa shape index (κ1) is 19.9. The summed E-state index contributed by atoms with van der Waals surface area (Å²) in [5.74, 6) is 0.148. The van der Waals surface area contributed by atoms with E-state index in [1.54, 1.807) is 27.7 Å². The Kier molecular flexibility index (Phi) is 4.68. The number of rotatable bonds is 6. The Balaban J connectivity index is 1.38. The van der Waals surface area contributed by atoms with Crippen molar-refractivity contribution in [2.45, 2.75) is 25.4 Å². The SMILES string of the molecule is O=c1[nH]c(O)c(/C=c2\cnn3c(=NC4CC4)nc(NCc4cccc(-n5cccn5)c4)nc23)[nH]1. The van der Waals surface area contributed by atoms with Gasteiger partial charge in [-0.25, -0.2) is 14.5 Å². The molecule has 4 N–H and O–H groups in total. The molecule has 1 aromatic carbocycles. The minimum Gasteiger partial charge on any atom is -0.493 e. The lowest BCUT2D eigenvalue weighted by Crippen LogP contribution is -2.24. The monoisotopic (exact) mass is 456 g/mol. The minimum atomic E-state index is -0.501. The van der Waals surface area contributed by atoms with Gasteiger partial charge in [-0.2, -0.15) is 24.7 Å². The highest BCUT2D eigenvalue weighted by atomic mass is 16.3. The van der Waals surface area contributed by atoms with Crippen molar-refractivity contribution < 1.29 is 5.11 Å². The number of aromatic hydroxyl groups is 1. The van der Waals surface area contributed by atoms with Crippen LogP contribution in [-0.4, -0.2) is 50.5 Å². The van der Waals surface area contributed by atoms with E-state index in [1.165, 1.54) is 0 Å². The van der Waals surface area contributed by atoms with E-state index in [1.807, 2.05) is 36.5 Å². The summed E-state index contributed by atoms with van der Waals surface area (Å²) in [6.45, 7) is 0.493. The van der Waals surface area contributed by atoms with E-state index in [4.69, 9.17) is 0 Å². The van der Waals surface area contributed by atoms with Crippen LogP contribution >= 0.6 is 0 Å². The van der Waals surface area contributed by atoms with Crippen LogP contribution in [0.2, 0.25) is 0 Å². The molecule has 1 aliphatic rings. The molecule has 0 unspecified atom stereocenters. The molecular formula is C22H20N10O2. The molecule has 1 fully saturated rings. The van der Waals surface area contributed by atoms with E-state index < -0.39 is 5.69 Å². The third kappa shape index (κ3) is 3.92. The van der Waals surface area contributed by atoms with Gasteiger partial charge in [0.05, 0.1) is 17.9 Å². The van der Waals surface area contributed by atoms with Crippen LogP contribution in [0.5, 0.6) is 5.88 Å². The standard InChI is InChI=1S/C22H20N10O2/c33-19-17(27-22(34)29-19)10-14-12-25-32-18(14)28-20(30-21(32)26-15-5-6-15)23-11-13-3-1-4-16(9-13)31-8-2-7-24-31/h1-4,7-10,12,15,33H,5-6,11H2,(H,23,26,30)(H2,27,29,34)/b14-10+. The first-order valence-electron chi connectivity index (χ1n) is 10.8. The number of aromatic amines is 2. The van der Waals surface area contributed by atoms with E-state index in [-0.39, 0.29) is 17.6 Å². The van der Waals surface area contributed by atoms with Crippen LogP contribution in [0, 0.1) is 0 Å². The Morgan fingerprint density at radius 3 is 2.88 bits per heavy atom. The van der Waals surface area contributed by atoms with Crippen molar-refractivity contribution in [3.8, 4) is 11.6 Å². The number of hydrogen-bond acceptors (Lipinski definition) is 8. The Bertz CT molecular complexity index is 1660. The van der Waals surface area contributed by atoms with Crippen LogP contribution in [-0.2, 0) is 6.54 Å². The molecule has 0 bridgehead atoms. The zero-order chi connectivity index (χ0) is 23.1. The summed E-state index contributed by atoms with van der Waals surface area (Å²) in [5, 5.41) is 22.5. The molecule has 170 valence electrons. The van der Waals surface area contributed by atoms with Gasteiger partial charge >= 0.3 is 5.69 Å². The number of imidazole rings is 1. The first-order chi connectivity index (χ1) is 16.6. The van der Waals surface area contributed by atoms with Gasteiger partial charge in [-0.3, -0.25) is 4.98 Å². The summed E-state index contributed by atoms with van der Waals surface area (Å²) in [4.78, 5) is 30.2. The lowest BCUT2D eigenvalue weighted by atomic mass is 10.2. The number of anilines is 1. The minimum absolute atomic E-state index is 0.235. The largest absolute Gasteiger partial charge is 0.493 e. The fourth-order valence-electron chi connectivity index (χ4n) is 3.57. The molecule has 0 aliphatic heterocycles. The molecule has 0 atom stereocenters. The fraction of sp³-hybridized carbons (Fsp3) is 0.182. The van der Waals surface area contributed by atoms with Gasteiger partial charge in [0.1, 0.15) is 5.69 Å². The van der Waals surface area contributed by atoms with E-state index in [2.05, 4.69) is 40.4 Å². The van der Waals surface area contributed by atoms with Crippen LogP contribution in [0.3, 0.4) is 0 Å². The molecule has 12 heteroatoms. The van der Waals surface area contributed by atoms with Crippen molar-refractivity contribution in [1.82, 2.24) is 39.3 Å².